The van der Waals surface area contributed by atoms with E-state index in [2.05, 4.69) is 56.8 Å². The number of nitrogens with one attached hydrogen (secondary N) is 1. The zero-order valence-electron chi connectivity index (χ0n) is 17.0. The molecule has 4 heterocycles. The van der Waals surface area contributed by atoms with E-state index in [1.165, 1.54) is 5.69 Å². The Labute approximate surface area is 193 Å². The summed E-state index contributed by atoms with van der Waals surface area (Å²) in [6, 6.07) is 13.0. The number of hydrogen-bond donors (Lipinski definition) is 1. The van der Waals surface area contributed by atoms with Crippen molar-refractivity contribution in [2.24, 2.45) is 7.05 Å². The molecule has 1 N–H and O–H groups in total. The summed E-state index contributed by atoms with van der Waals surface area (Å²) in [5.74, 6) is 0. The van der Waals surface area contributed by atoms with Gasteiger partial charge in [-0.2, -0.15) is 15.5 Å². The molecule has 0 radical (unpaired) electrons. The summed E-state index contributed by atoms with van der Waals surface area (Å²) in [6.07, 6.45) is 7.40. The molecule has 160 valence electrons. The van der Waals surface area contributed by atoms with Crippen molar-refractivity contribution in [3.63, 3.8) is 0 Å². The monoisotopic (exact) mass is 455 g/mol. The van der Waals surface area contributed by atoms with Crippen LogP contribution in [0.1, 0.15) is 5.56 Å². The number of fused-ring (bicyclic) bond motifs is 1. The van der Waals surface area contributed by atoms with E-state index in [0.29, 0.717) is 5.56 Å². The fourth-order valence-corrected chi connectivity index (χ4v) is 3.93. The molecule has 3 aromatic heterocycles. The summed E-state index contributed by atoms with van der Waals surface area (Å²) < 4.78 is 3.58. The second-order valence-corrected chi connectivity index (χ2v) is 7.29. The second-order valence-electron chi connectivity index (χ2n) is 7.29. The van der Waals surface area contributed by atoms with Gasteiger partial charge in [-0.1, -0.05) is 12.1 Å². The van der Waals surface area contributed by atoms with Crippen molar-refractivity contribution in [3.05, 3.63) is 60.7 Å². The average Bonchev–Trinajstić information content (AvgIpc) is 3.40. The number of aryl methyl sites for hydroxylation is 1. The molecule has 0 bridgehead atoms. The molecule has 1 aromatic carbocycles. The summed E-state index contributed by atoms with van der Waals surface area (Å²) in [5, 5.41) is 21.7. The predicted molar refractivity (Wildman–Crippen MR) is 127 cm³/mol. The van der Waals surface area contributed by atoms with E-state index in [1.54, 1.807) is 15.4 Å². The van der Waals surface area contributed by atoms with E-state index >= 15 is 0 Å². The molecule has 1 saturated heterocycles. The molecule has 0 aliphatic carbocycles. The van der Waals surface area contributed by atoms with Crippen LogP contribution in [-0.2, 0) is 7.05 Å². The number of aromatic nitrogens is 4. The quantitative estimate of drug-likeness (QED) is 0.511. The number of halogens is 2. The van der Waals surface area contributed by atoms with Crippen LogP contribution in [0.2, 0.25) is 0 Å². The van der Waals surface area contributed by atoms with Gasteiger partial charge in [-0.05, 0) is 23.8 Å². The molecule has 7 nitrogen and oxygen atoms in total. The maximum Gasteiger partial charge on any atom is 0.103 e. The van der Waals surface area contributed by atoms with Crippen LogP contribution < -0.4 is 10.2 Å². The van der Waals surface area contributed by atoms with Crippen molar-refractivity contribution < 1.29 is 0 Å². The van der Waals surface area contributed by atoms with Crippen LogP contribution in [0.25, 0.3) is 27.8 Å². The van der Waals surface area contributed by atoms with E-state index in [4.69, 9.17) is 0 Å². The molecule has 0 atom stereocenters. The Kier molecular flexibility index (Phi) is 6.86. The van der Waals surface area contributed by atoms with Crippen LogP contribution >= 0.6 is 24.8 Å². The first-order chi connectivity index (χ1) is 14.2. The van der Waals surface area contributed by atoms with Crippen LogP contribution in [0.4, 0.5) is 5.69 Å². The summed E-state index contributed by atoms with van der Waals surface area (Å²) in [4.78, 5) is 2.39. The predicted octanol–water partition coefficient (Wildman–Crippen LogP) is 3.53. The number of nitrogens with zero attached hydrogens (tertiary/aromatic N) is 6. The Morgan fingerprint density at radius 3 is 2.32 bits per heavy atom. The number of anilines is 1. The van der Waals surface area contributed by atoms with Crippen LogP contribution in [0, 0.1) is 11.3 Å². The van der Waals surface area contributed by atoms with Gasteiger partial charge in [0.1, 0.15) is 6.07 Å². The molecule has 0 amide bonds. The smallest absolute Gasteiger partial charge is 0.103 e. The molecule has 9 heteroatoms. The molecular weight excluding hydrogens is 433 g/mol. The molecule has 31 heavy (non-hydrogen) atoms. The third-order valence-electron chi connectivity index (χ3n) is 5.43. The lowest BCUT2D eigenvalue weighted by Crippen LogP contribution is -2.43. The van der Waals surface area contributed by atoms with Crippen LogP contribution in [0.15, 0.2) is 55.1 Å². The molecule has 1 fully saturated rings. The van der Waals surface area contributed by atoms with Crippen molar-refractivity contribution in [1.82, 2.24) is 24.7 Å². The van der Waals surface area contributed by atoms with Crippen LogP contribution in [0.3, 0.4) is 0 Å². The van der Waals surface area contributed by atoms with Crippen molar-refractivity contribution >= 4 is 36.0 Å². The molecule has 4 aromatic rings. The number of hydrogen-bond acceptors (Lipinski definition) is 5. The Morgan fingerprint density at radius 1 is 0.935 bits per heavy atom. The highest BCUT2D eigenvalue weighted by atomic mass is 35.5. The van der Waals surface area contributed by atoms with Gasteiger partial charge in [0.15, 0.2) is 0 Å². The highest BCUT2D eigenvalue weighted by molar-refractivity contribution is 5.88. The maximum absolute atomic E-state index is 9.57. The largest absolute Gasteiger partial charge is 0.369 e. The lowest BCUT2D eigenvalue weighted by atomic mass is 9.99. The van der Waals surface area contributed by atoms with Crippen molar-refractivity contribution in [1.29, 1.82) is 5.26 Å². The van der Waals surface area contributed by atoms with E-state index < -0.39 is 0 Å². The average molecular weight is 456 g/mol. The first kappa shape index (κ1) is 22.6. The maximum atomic E-state index is 9.57. The minimum absolute atomic E-state index is 0. The van der Waals surface area contributed by atoms with Gasteiger partial charge < -0.3 is 10.2 Å². The first-order valence-corrected chi connectivity index (χ1v) is 9.69. The zero-order valence-corrected chi connectivity index (χ0v) is 18.7. The van der Waals surface area contributed by atoms with E-state index in [0.717, 1.165) is 53.9 Å². The second kappa shape index (κ2) is 9.40. The van der Waals surface area contributed by atoms with Gasteiger partial charge >= 0.3 is 0 Å². The van der Waals surface area contributed by atoms with Gasteiger partial charge in [0.25, 0.3) is 0 Å². The lowest BCUT2D eigenvalue weighted by molar-refractivity contribution is 0.589. The van der Waals surface area contributed by atoms with E-state index in [9.17, 15) is 5.26 Å². The zero-order chi connectivity index (χ0) is 19.8. The van der Waals surface area contributed by atoms with E-state index in [-0.39, 0.29) is 24.8 Å². The Hall–Kier alpha value is -3.05. The van der Waals surface area contributed by atoms with Crippen LogP contribution in [0.5, 0.6) is 0 Å². The van der Waals surface area contributed by atoms with Gasteiger partial charge in [0.2, 0.25) is 0 Å². The third-order valence-corrected chi connectivity index (χ3v) is 5.43. The molecular formula is C22H23Cl2N7. The number of pyridine rings is 1. The first-order valence-electron chi connectivity index (χ1n) is 9.69. The number of rotatable bonds is 3. The number of piperazine rings is 1. The molecule has 1 aliphatic heterocycles. The van der Waals surface area contributed by atoms with Gasteiger partial charge in [0, 0.05) is 68.0 Å². The summed E-state index contributed by atoms with van der Waals surface area (Å²) in [5.41, 5.74) is 6.72. The highest BCUT2D eigenvalue weighted by Gasteiger charge is 2.15. The van der Waals surface area contributed by atoms with Gasteiger partial charge in [-0.25, -0.2) is 4.52 Å². The topological polar surface area (TPSA) is 74.2 Å². The normalized spacial score (nSPS) is 13.4. The van der Waals surface area contributed by atoms with Crippen LogP contribution in [-0.4, -0.2) is 45.6 Å². The molecule has 0 spiro atoms. The van der Waals surface area contributed by atoms with Crippen molar-refractivity contribution in [3.8, 4) is 28.3 Å². The van der Waals surface area contributed by atoms with Gasteiger partial charge in [0.05, 0.1) is 23.5 Å². The summed E-state index contributed by atoms with van der Waals surface area (Å²) in [7, 11) is 1.90. The highest BCUT2D eigenvalue weighted by Crippen LogP contribution is 2.33. The number of benzene rings is 1. The minimum Gasteiger partial charge on any atom is -0.369 e. The Bertz CT molecular complexity index is 1220. The molecule has 1 aliphatic rings. The van der Waals surface area contributed by atoms with E-state index in [1.807, 2.05) is 25.6 Å². The lowest BCUT2D eigenvalue weighted by Gasteiger charge is -2.29. The van der Waals surface area contributed by atoms with Crippen molar-refractivity contribution in [2.75, 3.05) is 31.1 Å². The molecule has 5 rings (SSSR count). The third kappa shape index (κ3) is 4.23. The fourth-order valence-electron chi connectivity index (χ4n) is 3.93. The van der Waals surface area contributed by atoms with Gasteiger partial charge in [-0.15, -0.1) is 24.8 Å². The van der Waals surface area contributed by atoms with Gasteiger partial charge in [-0.3, -0.25) is 4.68 Å². The number of nitriles is 1. The minimum atomic E-state index is 0. The fraction of sp³-hybridized carbons (Fsp3) is 0.227. The van der Waals surface area contributed by atoms with Crippen molar-refractivity contribution in [2.45, 2.75) is 0 Å². The molecule has 0 saturated carbocycles. The Balaban J connectivity index is 0.00000136. The summed E-state index contributed by atoms with van der Waals surface area (Å²) >= 11 is 0. The standard InChI is InChI=1S/C22H21N7.2ClH/c1-27-14-19(13-25-27)17-10-21(22-18(11-23)12-26-29(22)15-17)16-2-4-20(5-3-16)28-8-6-24-7-9-28;;/h2-5,10,12-15,24H,6-9H2,1H3;2*1H. The summed E-state index contributed by atoms with van der Waals surface area (Å²) in [6.45, 7) is 4.05. The Morgan fingerprint density at radius 2 is 1.68 bits per heavy atom. The SMILES string of the molecule is Cl.Cl.Cn1cc(-c2cc(-c3ccc(N4CCNCC4)cc3)c3c(C#N)cnn3c2)cn1. The molecule has 0 unspecified atom stereocenters.